The molecule has 0 spiro atoms. The molecule has 2 fully saturated rings. The molecule has 1 aromatic heterocycles. The second-order valence-electron chi connectivity index (χ2n) is 6.59. The zero-order valence-corrected chi connectivity index (χ0v) is 14.2. The molecule has 1 amide bonds. The number of nitrogens with two attached hydrogens (primary N) is 1. The van der Waals surface area contributed by atoms with Gasteiger partial charge < -0.3 is 15.5 Å². The van der Waals surface area contributed by atoms with Crippen molar-refractivity contribution in [2.75, 3.05) is 38.5 Å². The van der Waals surface area contributed by atoms with Gasteiger partial charge in [0.25, 0.3) is 5.91 Å². The summed E-state index contributed by atoms with van der Waals surface area (Å²) >= 11 is 1.32. The third-order valence-corrected chi connectivity index (χ3v) is 5.75. The number of nitrogen functional groups attached to an aromatic ring is 1. The number of anilines is 1. The number of hydrogen-bond donors (Lipinski definition) is 1. The minimum Gasteiger partial charge on any atom is -0.375 e. The van der Waals surface area contributed by atoms with Gasteiger partial charge in [-0.3, -0.25) is 4.79 Å². The van der Waals surface area contributed by atoms with Gasteiger partial charge in [-0.05, 0) is 51.6 Å². The molecular weight excluding hydrogens is 296 g/mol. The van der Waals surface area contributed by atoms with E-state index in [1.807, 2.05) is 11.8 Å². The Hall–Kier alpha value is -1.14. The summed E-state index contributed by atoms with van der Waals surface area (Å²) in [6, 6.07) is 0. The molecule has 1 atom stereocenters. The van der Waals surface area contributed by atoms with E-state index >= 15 is 0 Å². The Kier molecular flexibility index (Phi) is 4.98. The van der Waals surface area contributed by atoms with E-state index in [1.54, 1.807) is 0 Å². The molecule has 3 heterocycles. The lowest BCUT2D eigenvalue weighted by atomic mass is 9.96. The predicted octanol–water partition coefficient (Wildman–Crippen LogP) is 2.37. The lowest BCUT2D eigenvalue weighted by molar-refractivity contribution is 0.0634. The van der Waals surface area contributed by atoms with Crippen molar-refractivity contribution in [2.24, 2.45) is 5.92 Å². The Balaban J connectivity index is 1.60. The SMILES string of the molecule is Cc1nc(N)sc1C(=O)N1CCCC(CN2CCCCC2)C1. The highest BCUT2D eigenvalue weighted by atomic mass is 32.1. The van der Waals surface area contributed by atoms with E-state index in [-0.39, 0.29) is 5.91 Å². The summed E-state index contributed by atoms with van der Waals surface area (Å²) in [4.78, 5) is 22.2. The summed E-state index contributed by atoms with van der Waals surface area (Å²) < 4.78 is 0. The number of nitrogens with zero attached hydrogens (tertiary/aromatic N) is 3. The van der Waals surface area contributed by atoms with Gasteiger partial charge in [-0.1, -0.05) is 17.8 Å². The van der Waals surface area contributed by atoms with Crippen LogP contribution < -0.4 is 5.73 Å². The topological polar surface area (TPSA) is 62.5 Å². The van der Waals surface area contributed by atoms with Crippen LogP contribution in [0.4, 0.5) is 5.13 Å². The van der Waals surface area contributed by atoms with Crippen molar-refractivity contribution >= 4 is 22.4 Å². The largest absolute Gasteiger partial charge is 0.375 e. The average Bonchev–Trinajstić information content (AvgIpc) is 2.86. The number of carbonyl (C=O) groups excluding carboxylic acids is 1. The number of carbonyl (C=O) groups is 1. The molecule has 2 aliphatic rings. The predicted molar refractivity (Wildman–Crippen MR) is 90.2 cm³/mol. The van der Waals surface area contributed by atoms with Crippen LogP contribution in [0.2, 0.25) is 0 Å². The molecule has 0 radical (unpaired) electrons. The Morgan fingerprint density at radius 3 is 2.73 bits per heavy atom. The fourth-order valence-electron chi connectivity index (χ4n) is 3.66. The smallest absolute Gasteiger partial charge is 0.265 e. The zero-order valence-electron chi connectivity index (χ0n) is 13.4. The second-order valence-corrected chi connectivity index (χ2v) is 7.62. The van der Waals surface area contributed by atoms with Crippen LogP contribution in [0.3, 0.4) is 0 Å². The van der Waals surface area contributed by atoms with Crippen molar-refractivity contribution in [1.29, 1.82) is 0 Å². The monoisotopic (exact) mass is 322 g/mol. The highest BCUT2D eigenvalue weighted by Gasteiger charge is 2.28. The minimum absolute atomic E-state index is 0.120. The van der Waals surface area contributed by atoms with Gasteiger partial charge >= 0.3 is 0 Å². The van der Waals surface area contributed by atoms with Gasteiger partial charge in [0.15, 0.2) is 5.13 Å². The molecule has 0 bridgehead atoms. The normalized spacial score (nSPS) is 23.7. The van der Waals surface area contributed by atoms with Gasteiger partial charge in [-0.25, -0.2) is 4.98 Å². The number of hydrogen-bond acceptors (Lipinski definition) is 5. The first kappa shape index (κ1) is 15.7. The van der Waals surface area contributed by atoms with E-state index in [9.17, 15) is 4.79 Å². The van der Waals surface area contributed by atoms with E-state index < -0.39 is 0 Å². The molecule has 5 nitrogen and oxygen atoms in total. The fraction of sp³-hybridized carbons (Fsp3) is 0.750. The van der Waals surface area contributed by atoms with Gasteiger partial charge in [0.1, 0.15) is 4.88 Å². The van der Waals surface area contributed by atoms with Gasteiger partial charge in [0, 0.05) is 19.6 Å². The molecule has 1 unspecified atom stereocenters. The summed E-state index contributed by atoms with van der Waals surface area (Å²) in [7, 11) is 0. The Labute approximate surface area is 136 Å². The van der Waals surface area contributed by atoms with Crippen LogP contribution in [0.5, 0.6) is 0 Å². The highest BCUT2D eigenvalue weighted by Crippen LogP contribution is 2.25. The van der Waals surface area contributed by atoms with Gasteiger partial charge in [-0.2, -0.15) is 0 Å². The van der Waals surface area contributed by atoms with Crippen molar-refractivity contribution in [1.82, 2.24) is 14.8 Å². The van der Waals surface area contributed by atoms with Crippen molar-refractivity contribution in [2.45, 2.75) is 39.0 Å². The van der Waals surface area contributed by atoms with Crippen LogP contribution in [0.15, 0.2) is 0 Å². The lowest BCUT2D eigenvalue weighted by Crippen LogP contribution is -2.44. The summed E-state index contributed by atoms with van der Waals surface area (Å²) in [6.45, 7) is 7.23. The number of amides is 1. The van der Waals surface area contributed by atoms with Crippen LogP contribution in [0, 0.1) is 12.8 Å². The van der Waals surface area contributed by atoms with Gasteiger partial charge in [0.05, 0.1) is 5.69 Å². The van der Waals surface area contributed by atoms with E-state index in [1.165, 1.54) is 50.1 Å². The van der Waals surface area contributed by atoms with Gasteiger partial charge in [0.2, 0.25) is 0 Å². The maximum atomic E-state index is 12.7. The summed E-state index contributed by atoms with van der Waals surface area (Å²) in [5.74, 6) is 0.733. The van der Waals surface area contributed by atoms with Crippen molar-refractivity contribution < 1.29 is 4.79 Å². The third-order valence-electron chi connectivity index (χ3n) is 4.78. The Bertz CT molecular complexity index is 524. The number of rotatable bonds is 3. The molecule has 0 saturated carbocycles. The maximum absolute atomic E-state index is 12.7. The average molecular weight is 322 g/mol. The first-order valence-electron chi connectivity index (χ1n) is 8.38. The standard InChI is InChI=1S/C16H26N4OS/c1-12-14(22-16(17)18-12)15(21)20-9-5-6-13(11-20)10-19-7-3-2-4-8-19/h13H,2-11H2,1H3,(H2,17,18). The Morgan fingerprint density at radius 1 is 1.27 bits per heavy atom. The molecule has 22 heavy (non-hydrogen) atoms. The van der Waals surface area contributed by atoms with Crippen LogP contribution >= 0.6 is 11.3 Å². The van der Waals surface area contributed by atoms with Crippen molar-refractivity contribution in [3.8, 4) is 0 Å². The lowest BCUT2D eigenvalue weighted by Gasteiger charge is -2.36. The van der Waals surface area contributed by atoms with Crippen LogP contribution in [-0.4, -0.2) is 53.4 Å². The number of likely N-dealkylation sites (tertiary alicyclic amines) is 2. The second kappa shape index (κ2) is 6.96. The van der Waals surface area contributed by atoms with Crippen molar-refractivity contribution in [3.05, 3.63) is 10.6 Å². The quantitative estimate of drug-likeness (QED) is 0.928. The number of aromatic nitrogens is 1. The number of aryl methyl sites for hydroxylation is 1. The molecule has 2 N–H and O–H groups in total. The molecule has 1 aromatic rings. The molecule has 0 aromatic carbocycles. The molecule has 0 aliphatic carbocycles. The third kappa shape index (κ3) is 3.60. The number of thiazole rings is 1. The first-order chi connectivity index (χ1) is 10.6. The zero-order chi connectivity index (χ0) is 15.5. The summed E-state index contributed by atoms with van der Waals surface area (Å²) in [5, 5.41) is 0.489. The van der Waals surface area contributed by atoms with E-state index in [0.29, 0.717) is 11.0 Å². The number of piperidine rings is 2. The van der Waals surface area contributed by atoms with E-state index in [4.69, 9.17) is 5.73 Å². The van der Waals surface area contributed by atoms with Gasteiger partial charge in [-0.15, -0.1) is 0 Å². The van der Waals surface area contributed by atoms with Crippen LogP contribution in [-0.2, 0) is 0 Å². The summed E-state index contributed by atoms with van der Waals surface area (Å²) in [5.41, 5.74) is 6.50. The highest BCUT2D eigenvalue weighted by molar-refractivity contribution is 7.17. The Morgan fingerprint density at radius 2 is 2.05 bits per heavy atom. The van der Waals surface area contributed by atoms with Crippen LogP contribution in [0.25, 0.3) is 0 Å². The molecule has 3 rings (SSSR count). The maximum Gasteiger partial charge on any atom is 0.265 e. The summed E-state index contributed by atoms with van der Waals surface area (Å²) in [6.07, 6.45) is 6.38. The molecule has 122 valence electrons. The fourth-order valence-corrected chi connectivity index (χ4v) is 4.47. The molecule has 6 heteroatoms. The van der Waals surface area contributed by atoms with Crippen molar-refractivity contribution in [3.63, 3.8) is 0 Å². The van der Waals surface area contributed by atoms with E-state index in [2.05, 4.69) is 9.88 Å². The molecule has 2 aliphatic heterocycles. The molecular formula is C16H26N4OS. The minimum atomic E-state index is 0.120. The van der Waals surface area contributed by atoms with Crippen LogP contribution in [0.1, 0.15) is 47.5 Å². The molecule has 2 saturated heterocycles. The van der Waals surface area contributed by atoms with E-state index in [0.717, 1.165) is 36.6 Å². The first-order valence-corrected chi connectivity index (χ1v) is 9.19.